The zero-order valence-corrected chi connectivity index (χ0v) is 10.7. The number of carbonyl (C=O) groups is 2. The van der Waals surface area contributed by atoms with Crippen molar-refractivity contribution in [3.05, 3.63) is 22.4 Å². The third-order valence-electron chi connectivity index (χ3n) is 3.27. The van der Waals surface area contributed by atoms with Crippen LogP contribution in [0.3, 0.4) is 0 Å². The van der Waals surface area contributed by atoms with Crippen molar-refractivity contribution >= 4 is 23.2 Å². The van der Waals surface area contributed by atoms with Gasteiger partial charge < -0.3 is 16.2 Å². The summed E-state index contributed by atoms with van der Waals surface area (Å²) in [6.07, 6.45) is 2.17. The van der Waals surface area contributed by atoms with Crippen LogP contribution in [0.1, 0.15) is 36.6 Å². The minimum atomic E-state index is -0.937. The quantitative estimate of drug-likeness (QED) is 0.749. The van der Waals surface area contributed by atoms with Crippen LogP contribution in [0, 0.1) is 0 Å². The van der Waals surface area contributed by atoms with Gasteiger partial charge in [-0.05, 0) is 30.7 Å². The van der Waals surface area contributed by atoms with Crippen LogP contribution in [0.4, 0.5) is 0 Å². The number of amides is 1. The molecule has 4 N–H and O–H groups in total. The summed E-state index contributed by atoms with van der Waals surface area (Å²) in [7, 11) is 0. The lowest BCUT2D eigenvalue weighted by molar-refractivity contribution is -0.138. The lowest BCUT2D eigenvalue weighted by Gasteiger charge is -2.37. The van der Waals surface area contributed by atoms with E-state index in [1.165, 1.54) is 11.3 Å². The summed E-state index contributed by atoms with van der Waals surface area (Å²) in [5.41, 5.74) is 5.13. The second-order valence-electron chi connectivity index (χ2n) is 4.65. The minimum Gasteiger partial charge on any atom is -0.481 e. The van der Waals surface area contributed by atoms with Crippen LogP contribution in [0.2, 0.25) is 0 Å². The SMILES string of the molecule is NC1(C(=O)NC(CC(=O)O)c2cccs2)CCC1. The summed E-state index contributed by atoms with van der Waals surface area (Å²) in [5, 5.41) is 13.5. The largest absolute Gasteiger partial charge is 0.481 e. The van der Waals surface area contributed by atoms with Crippen molar-refractivity contribution in [2.24, 2.45) is 5.73 Å². The molecule has 1 heterocycles. The van der Waals surface area contributed by atoms with Crippen LogP contribution in [0.5, 0.6) is 0 Å². The molecule has 0 aromatic carbocycles. The molecule has 18 heavy (non-hydrogen) atoms. The standard InChI is InChI=1S/C12H16N2O3S/c13-12(4-2-5-12)11(17)14-8(7-10(15)16)9-3-1-6-18-9/h1,3,6,8H,2,4-5,7,13H2,(H,14,17)(H,15,16). The number of carboxylic acid groups (broad SMARTS) is 1. The van der Waals surface area contributed by atoms with Gasteiger partial charge in [0.2, 0.25) is 5.91 Å². The monoisotopic (exact) mass is 268 g/mol. The number of nitrogens with two attached hydrogens (primary N) is 1. The molecule has 0 radical (unpaired) electrons. The summed E-state index contributed by atoms with van der Waals surface area (Å²) in [4.78, 5) is 23.7. The molecule has 0 bridgehead atoms. The van der Waals surface area contributed by atoms with Crippen LogP contribution in [-0.2, 0) is 9.59 Å². The summed E-state index contributed by atoms with van der Waals surface area (Å²) in [6.45, 7) is 0. The van der Waals surface area contributed by atoms with Crippen LogP contribution < -0.4 is 11.1 Å². The van der Waals surface area contributed by atoms with Gasteiger partial charge in [0.1, 0.15) is 0 Å². The van der Waals surface area contributed by atoms with Gasteiger partial charge in [-0.25, -0.2) is 0 Å². The summed E-state index contributed by atoms with van der Waals surface area (Å²) >= 11 is 1.43. The van der Waals surface area contributed by atoms with E-state index >= 15 is 0 Å². The van der Waals surface area contributed by atoms with Gasteiger partial charge in [-0.1, -0.05) is 6.07 Å². The van der Waals surface area contributed by atoms with Gasteiger partial charge in [0, 0.05) is 4.88 Å². The zero-order chi connectivity index (χ0) is 13.2. The number of carboxylic acids is 1. The highest BCUT2D eigenvalue weighted by molar-refractivity contribution is 7.10. The van der Waals surface area contributed by atoms with E-state index in [2.05, 4.69) is 5.32 Å². The third-order valence-corrected chi connectivity index (χ3v) is 4.25. The number of nitrogens with one attached hydrogen (secondary N) is 1. The number of hydrogen-bond acceptors (Lipinski definition) is 4. The average Bonchev–Trinajstić information content (AvgIpc) is 2.77. The molecule has 1 amide bonds. The number of aliphatic carboxylic acids is 1. The molecule has 5 nitrogen and oxygen atoms in total. The van der Waals surface area contributed by atoms with Gasteiger partial charge in [-0.3, -0.25) is 9.59 Å². The van der Waals surface area contributed by atoms with Gasteiger partial charge in [0.05, 0.1) is 18.0 Å². The molecule has 1 atom stereocenters. The maximum atomic E-state index is 12.0. The molecule has 1 aromatic heterocycles. The number of carbonyl (C=O) groups excluding carboxylic acids is 1. The Labute approximate surface area is 109 Å². The van der Waals surface area contributed by atoms with Crippen molar-refractivity contribution in [1.29, 1.82) is 0 Å². The lowest BCUT2D eigenvalue weighted by atomic mass is 9.77. The first-order valence-corrected chi connectivity index (χ1v) is 6.74. The van der Waals surface area contributed by atoms with Gasteiger partial charge in [-0.15, -0.1) is 11.3 Å². The van der Waals surface area contributed by atoms with E-state index in [4.69, 9.17) is 10.8 Å². The zero-order valence-electron chi connectivity index (χ0n) is 9.89. The van der Waals surface area contributed by atoms with Gasteiger partial charge >= 0.3 is 5.97 Å². The predicted octanol–water partition coefficient (Wildman–Crippen LogP) is 1.26. The van der Waals surface area contributed by atoms with Gasteiger partial charge in [0.15, 0.2) is 0 Å². The Hall–Kier alpha value is -1.40. The van der Waals surface area contributed by atoms with Crippen molar-refractivity contribution in [3.8, 4) is 0 Å². The smallest absolute Gasteiger partial charge is 0.305 e. The molecule has 2 rings (SSSR count). The molecule has 1 fully saturated rings. The number of thiophene rings is 1. The van der Waals surface area contributed by atoms with E-state index in [1.54, 1.807) is 0 Å². The van der Waals surface area contributed by atoms with E-state index in [1.807, 2.05) is 17.5 Å². The van der Waals surface area contributed by atoms with Crippen LogP contribution in [0.25, 0.3) is 0 Å². The van der Waals surface area contributed by atoms with E-state index in [9.17, 15) is 9.59 Å². The van der Waals surface area contributed by atoms with Crippen molar-refractivity contribution in [2.45, 2.75) is 37.3 Å². The normalized spacial score (nSPS) is 18.7. The Morgan fingerprint density at radius 2 is 2.28 bits per heavy atom. The molecule has 0 saturated heterocycles. The Kier molecular flexibility index (Phi) is 3.68. The molecule has 1 aliphatic rings. The fourth-order valence-electron chi connectivity index (χ4n) is 1.97. The lowest BCUT2D eigenvalue weighted by Crippen LogP contribution is -2.59. The predicted molar refractivity (Wildman–Crippen MR) is 68.2 cm³/mol. The molecular weight excluding hydrogens is 252 g/mol. The Morgan fingerprint density at radius 1 is 1.56 bits per heavy atom. The average molecular weight is 268 g/mol. The molecule has 1 aliphatic carbocycles. The molecule has 6 heteroatoms. The number of hydrogen-bond donors (Lipinski definition) is 3. The Bertz CT molecular complexity index is 440. The van der Waals surface area contributed by atoms with Gasteiger partial charge in [0.25, 0.3) is 0 Å². The van der Waals surface area contributed by atoms with Crippen molar-refractivity contribution < 1.29 is 14.7 Å². The minimum absolute atomic E-state index is 0.123. The third kappa shape index (κ3) is 2.70. The number of rotatable bonds is 5. The fraction of sp³-hybridized carbons (Fsp3) is 0.500. The molecule has 1 unspecified atom stereocenters. The second-order valence-corrected chi connectivity index (χ2v) is 5.63. The van der Waals surface area contributed by atoms with Crippen molar-refractivity contribution in [1.82, 2.24) is 5.32 Å². The van der Waals surface area contributed by atoms with E-state index in [0.29, 0.717) is 12.8 Å². The van der Waals surface area contributed by atoms with E-state index in [0.717, 1.165) is 11.3 Å². The Morgan fingerprint density at radius 3 is 2.72 bits per heavy atom. The highest BCUT2D eigenvalue weighted by Crippen LogP contribution is 2.31. The van der Waals surface area contributed by atoms with Crippen molar-refractivity contribution in [3.63, 3.8) is 0 Å². The van der Waals surface area contributed by atoms with Crippen LogP contribution >= 0.6 is 11.3 Å². The topological polar surface area (TPSA) is 92.4 Å². The maximum absolute atomic E-state index is 12.0. The second kappa shape index (κ2) is 5.07. The molecule has 1 aromatic rings. The Balaban J connectivity index is 2.05. The molecule has 98 valence electrons. The summed E-state index contributed by atoms with van der Waals surface area (Å²) in [6, 6.07) is 3.17. The first-order valence-electron chi connectivity index (χ1n) is 5.86. The molecule has 0 aliphatic heterocycles. The first-order chi connectivity index (χ1) is 8.51. The highest BCUT2D eigenvalue weighted by atomic mass is 32.1. The van der Waals surface area contributed by atoms with Crippen molar-refractivity contribution in [2.75, 3.05) is 0 Å². The fourth-order valence-corrected chi connectivity index (χ4v) is 2.75. The summed E-state index contributed by atoms with van der Waals surface area (Å²) < 4.78 is 0. The summed E-state index contributed by atoms with van der Waals surface area (Å²) in [5.74, 6) is -1.18. The van der Waals surface area contributed by atoms with E-state index < -0.39 is 17.6 Å². The first kappa shape index (κ1) is 13.0. The molecular formula is C12H16N2O3S. The van der Waals surface area contributed by atoms with Gasteiger partial charge in [-0.2, -0.15) is 0 Å². The maximum Gasteiger partial charge on any atom is 0.305 e. The molecule has 1 saturated carbocycles. The highest BCUT2D eigenvalue weighted by Gasteiger charge is 2.41. The van der Waals surface area contributed by atoms with E-state index in [-0.39, 0.29) is 12.3 Å². The molecule has 0 spiro atoms. The van der Waals surface area contributed by atoms with Crippen LogP contribution in [0.15, 0.2) is 17.5 Å². The van der Waals surface area contributed by atoms with Crippen LogP contribution in [-0.4, -0.2) is 22.5 Å².